The summed E-state index contributed by atoms with van der Waals surface area (Å²) in [5, 5.41) is 0. The zero-order valence-corrected chi connectivity index (χ0v) is 15.9. The standard InChI is InChI=1S/C20H25N5O3/c26-19-12-18(17-2-1-5-21-13-17)22-15-25(19)14-16-3-6-23(7-4-16)20(27)24-8-10-28-11-9-24/h1-2,5,12-13,15-16H,3-4,6-11,14H2. The van der Waals surface area contributed by atoms with Gasteiger partial charge in [-0.2, -0.15) is 0 Å². The molecule has 2 aromatic heterocycles. The second-order valence-corrected chi connectivity index (χ2v) is 7.32. The molecule has 2 aliphatic rings. The molecule has 2 aromatic rings. The Bertz CT molecular complexity index is 856. The molecule has 2 amide bonds. The van der Waals surface area contributed by atoms with Crippen LogP contribution in [0.25, 0.3) is 11.3 Å². The highest BCUT2D eigenvalue weighted by Crippen LogP contribution is 2.20. The van der Waals surface area contributed by atoms with Gasteiger partial charge in [-0.25, -0.2) is 9.78 Å². The fourth-order valence-electron chi connectivity index (χ4n) is 3.77. The summed E-state index contributed by atoms with van der Waals surface area (Å²) < 4.78 is 6.98. The SMILES string of the molecule is O=C(N1CCOCC1)N1CCC(Cn2cnc(-c3cccnc3)cc2=O)CC1. The molecule has 28 heavy (non-hydrogen) atoms. The molecule has 4 rings (SSSR count). The molecule has 0 aromatic carbocycles. The molecule has 0 atom stereocenters. The van der Waals surface area contributed by atoms with Crippen LogP contribution in [0.4, 0.5) is 4.79 Å². The van der Waals surface area contributed by atoms with Gasteiger partial charge in [0, 0.05) is 56.7 Å². The quantitative estimate of drug-likeness (QED) is 0.802. The van der Waals surface area contributed by atoms with Crippen molar-refractivity contribution in [2.24, 2.45) is 5.92 Å². The number of morpholine rings is 1. The van der Waals surface area contributed by atoms with Gasteiger partial charge in [0.1, 0.15) is 0 Å². The van der Waals surface area contributed by atoms with Crippen molar-refractivity contribution in [2.45, 2.75) is 19.4 Å². The van der Waals surface area contributed by atoms with E-state index in [2.05, 4.69) is 9.97 Å². The number of amides is 2. The maximum Gasteiger partial charge on any atom is 0.320 e. The molecule has 0 N–H and O–H groups in total. The second kappa shape index (κ2) is 8.52. The van der Waals surface area contributed by atoms with E-state index < -0.39 is 0 Å². The van der Waals surface area contributed by atoms with Gasteiger partial charge >= 0.3 is 6.03 Å². The molecule has 2 fully saturated rings. The fraction of sp³-hybridized carbons (Fsp3) is 0.500. The lowest BCUT2D eigenvalue weighted by Crippen LogP contribution is -2.50. The number of likely N-dealkylation sites (tertiary alicyclic amines) is 1. The number of rotatable bonds is 3. The van der Waals surface area contributed by atoms with E-state index in [0.29, 0.717) is 44.5 Å². The Morgan fingerprint density at radius 1 is 1.14 bits per heavy atom. The lowest BCUT2D eigenvalue weighted by Gasteiger charge is -2.37. The number of hydrogen-bond donors (Lipinski definition) is 0. The van der Waals surface area contributed by atoms with Gasteiger partial charge in [0.25, 0.3) is 5.56 Å². The summed E-state index contributed by atoms with van der Waals surface area (Å²) in [5.74, 6) is 0.373. The van der Waals surface area contributed by atoms with E-state index >= 15 is 0 Å². The highest BCUT2D eigenvalue weighted by atomic mass is 16.5. The van der Waals surface area contributed by atoms with Crippen molar-refractivity contribution >= 4 is 6.03 Å². The van der Waals surface area contributed by atoms with E-state index in [-0.39, 0.29) is 11.6 Å². The zero-order valence-electron chi connectivity index (χ0n) is 15.9. The lowest BCUT2D eigenvalue weighted by atomic mass is 9.97. The number of pyridine rings is 1. The average molecular weight is 383 g/mol. The van der Waals surface area contributed by atoms with E-state index in [0.717, 1.165) is 31.5 Å². The minimum atomic E-state index is -0.0549. The van der Waals surface area contributed by atoms with Gasteiger partial charge in [0.15, 0.2) is 0 Å². The van der Waals surface area contributed by atoms with Crippen molar-refractivity contribution in [1.29, 1.82) is 0 Å². The normalized spacial score (nSPS) is 18.3. The summed E-state index contributed by atoms with van der Waals surface area (Å²) in [4.78, 5) is 37.3. The van der Waals surface area contributed by atoms with Crippen LogP contribution in [0, 0.1) is 5.92 Å². The number of carbonyl (C=O) groups excluding carboxylic acids is 1. The molecule has 0 radical (unpaired) electrons. The minimum absolute atomic E-state index is 0.0549. The second-order valence-electron chi connectivity index (χ2n) is 7.32. The molecule has 8 nitrogen and oxygen atoms in total. The Hall–Kier alpha value is -2.74. The monoisotopic (exact) mass is 383 g/mol. The smallest absolute Gasteiger partial charge is 0.320 e. The van der Waals surface area contributed by atoms with Gasteiger partial charge < -0.3 is 14.5 Å². The summed E-state index contributed by atoms with van der Waals surface area (Å²) in [6.45, 7) is 4.68. The van der Waals surface area contributed by atoms with Crippen LogP contribution in [0.3, 0.4) is 0 Å². The first-order valence-corrected chi connectivity index (χ1v) is 9.79. The molecule has 0 unspecified atom stereocenters. The van der Waals surface area contributed by atoms with Crippen molar-refractivity contribution in [2.75, 3.05) is 39.4 Å². The maximum absolute atomic E-state index is 12.6. The van der Waals surface area contributed by atoms with Gasteiger partial charge in [0.05, 0.1) is 25.2 Å². The first-order valence-electron chi connectivity index (χ1n) is 9.79. The molecule has 148 valence electrons. The van der Waals surface area contributed by atoms with Gasteiger partial charge in [-0.05, 0) is 30.9 Å². The summed E-state index contributed by atoms with van der Waals surface area (Å²) in [6.07, 6.45) is 6.81. The summed E-state index contributed by atoms with van der Waals surface area (Å²) in [5.41, 5.74) is 1.42. The Morgan fingerprint density at radius 3 is 2.57 bits per heavy atom. The van der Waals surface area contributed by atoms with E-state index in [1.54, 1.807) is 29.4 Å². The zero-order chi connectivity index (χ0) is 19.3. The summed E-state index contributed by atoms with van der Waals surface area (Å²) in [6, 6.07) is 5.39. The largest absolute Gasteiger partial charge is 0.378 e. The van der Waals surface area contributed by atoms with Gasteiger partial charge in [-0.15, -0.1) is 0 Å². The van der Waals surface area contributed by atoms with Crippen LogP contribution in [-0.2, 0) is 11.3 Å². The molecule has 0 saturated carbocycles. The number of nitrogens with zero attached hydrogens (tertiary/aromatic N) is 5. The van der Waals surface area contributed by atoms with E-state index in [4.69, 9.17) is 4.74 Å². The maximum atomic E-state index is 12.6. The third kappa shape index (κ3) is 4.22. The van der Waals surface area contributed by atoms with Crippen LogP contribution in [0.1, 0.15) is 12.8 Å². The van der Waals surface area contributed by atoms with Crippen LogP contribution < -0.4 is 5.56 Å². The van der Waals surface area contributed by atoms with Crippen molar-refractivity contribution in [1.82, 2.24) is 24.3 Å². The van der Waals surface area contributed by atoms with Crippen molar-refractivity contribution in [3.8, 4) is 11.3 Å². The number of aromatic nitrogens is 3. The molecule has 4 heterocycles. The van der Waals surface area contributed by atoms with E-state index in [9.17, 15) is 9.59 Å². The number of piperidine rings is 1. The Morgan fingerprint density at radius 2 is 1.89 bits per heavy atom. The number of carbonyl (C=O) groups is 1. The molecule has 0 bridgehead atoms. The van der Waals surface area contributed by atoms with Gasteiger partial charge in [-0.1, -0.05) is 0 Å². The van der Waals surface area contributed by atoms with Crippen LogP contribution in [-0.4, -0.2) is 69.8 Å². The Labute approximate surface area is 163 Å². The van der Waals surface area contributed by atoms with E-state index in [1.165, 1.54) is 0 Å². The molecule has 8 heteroatoms. The van der Waals surface area contributed by atoms with E-state index in [1.807, 2.05) is 21.9 Å². The number of ether oxygens (including phenoxy) is 1. The third-order valence-corrected chi connectivity index (χ3v) is 5.46. The predicted molar refractivity (Wildman–Crippen MR) is 104 cm³/mol. The predicted octanol–water partition coefficient (Wildman–Crippen LogP) is 1.47. The highest BCUT2D eigenvalue weighted by molar-refractivity contribution is 5.74. The Kier molecular flexibility index (Phi) is 5.66. The topological polar surface area (TPSA) is 80.6 Å². The molecule has 0 aliphatic carbocycles. The van der Waals surface area contributed by atoms with Crippen LogP contribution in [0.5, 0.6) is 0 Å². The first kappa shape index (κ1) is 18.6. The number of hydrogen-bond acceptors (Lipinski definition) is 5. The summed E-state index contributed by atoms with van der Waals surface area (Å²) in [7, 11) is 0. The minimum Gasteiger partial charge on any atom is -0.378 e. The summed E-state index contributed by atoms with van der Waals surface area (Å²) >= 11 is 0. The molecular formula is C20H25N5O3. The fourth-order valence-corrected chi connectivity index (χ4v) is 3.77. The highest BCUT2D eigenvalue weighted by Gasteiger charge is 2.27. The molecule has 2 saturated heterocycles. The number of urea groups is 1. The van der Waals surface area contributed by atoms with Crippen molar-refractivity contribution < 1.29 is 9.53 Å². The van der Waals surface area contributed by atoms with Crippen LogP contribution >= 0.6 is 0 Å². The van der Waals surface area contributed by atoms with Crippen LogP contribution in [0.15, 0.2) is 41.7 Å². The first-order chi connectivity index (χ1) is 13.7. The van der Waals surface area contributed by atoms with Crippen LogP contribution in [0.2, 0.25) is 0 Å². The molecule has 2 aliphatic heterocycles. The molecule has 0 spiro atoms. The Balaban J connectivity index is 1.33. The lowest BCUT2D eigenvalue weighted by molar-refractivity contribution is 0.0397. The average Bonchev–Trinajstić information content (AvgIpc) is 2.76. The third-order valence-electron chi connectivity index (χ3n) is 5.46. The van der Waals surface area contributed by atoms with Gasteiger partial charge in [-0.3, -0.25) is 14.3 Å². The van der Waals surface area contributed by atoms with Crippen molar-refractivity contribution in [3.63, 3.8) is 0 Å². The van der Waals surface area contributed by atoms with Gasteiger partial charge in [0.2, 0.25) is 0 Å². The molecular weight excluding hydrogens is 358 g/mol. The van der Waals surface area contributed by atoms with Crippen molar-refractivity contribution in [3.05, 3.63) is 47.3 Å².